The molecule has 1 unspecified atom stereocenters. The zero-order valence-corrected chi connectivity index (χ0v) is 13.0. The highest BCUT2D eigenvalue weighted by molar-refractivity contribution is 4.93. The molecule has 1 atom stereocenters. The Bertz CT molecular complexity index is 282. The van der Waals surface area contributed by atoms with E-state index in [4.69, 9.17) is 0 Å². The predicted octanol–water partition coefficient (Wildman–Crippen LogP) is 2.39. The number of hydrogen-bond donors (Lipinski definition) is 2. The number of aliphatic hydroxyl groups excluding tert-OH is 1. The summed E-state index contributed by atoms with van der Waals surface area (Å²) in [5.74, 6) is 0. The third-order valence-electron chi connectivity index (χ3n) is 5.38. The Balaban J connectivity index is 1.72. The summed E-state index contributed by atoms with van der Waals surface area (Å²) in [6.45, 7) is 10.8. The summed E-state index contributed by atoms with van der Waals surface area (Å²) in [5.41, 5.74) is 0.496. The van der Waals surface area contributed by atoms with Crippen LogP contribution in [-0.4, -0.2) is 47.8 Å². The van der Waals surface area contributed by atoms with E-state index in [1.54, 1.807) is 0 Å². The minimum Gasteiger partial charge on any atom is -0.394 e. The maximum atomic E-state index is 9.63. The molecule has 2 fully saturated rings. The van der Waals surface area contributed by atoms with Crippen LogP contribution in [0.25, 0.3) is 0 Å². The maximum Gasteiger partial charge on any atom is 0.0611 e. The molecule has 1 heterocycles. The largest absolute Gasteiger partial charge is 0.394 e. The molecule has 2 aliphatic rings. The molecule has 0 bridgehead atoms. The monoisotopic (exact) mass is 268 g/mol. The lowest BCUT2D eigenvalue weighted by Crippen LogP contribution is -2.50. The van der Waals surface area contributed by atoms with Crippen LogP contribution in [0.2, 0.25) is 0 Å². The highest BCUT2D eigenvalue weighted by atomic mass is 16.3. The predicted molar refractivity (Wildman–Crippen MR) is 80.3 cm³/mol. The maximum absolute atomic E-state index is 9.63. The Kier molecular flexibility index (Phi) is 4.91. The van der Waals surface area contributed by atoms with E-state index in [9.17, 15) is 5.11 Å². The van der Waals surface area contributed by atoms with Gasteiger partial charge in [-0.05, 0) is 64.1 Å². The van der Waals surface area contributed by atoms with E-state index in [0.29, 0.717) is 11.5 Å². The number of nitrogens with zero attached hydrogens (tertiary/aromatic N) is 1. The summed E-state index contributed by atoms with van der Waals surface area (Å²) in [5, 5.41) is 13.2. The van der Waals surface area contributed by atoms with Crippen molar-refractivity contribution >= 4 is 0 Å². The van der Waals surface area contributed by atoms with Crippen molar-refractivity contribution in [3.8, 4) is 0 Å². The number of hydrogen-bond acceptors (Lipinski definition) is 3. The van der Waals surface area contributed by atoms with Crippen LogP contribution in [0.5, 0.6) is 0 Å². The molecule has 3 heteroatoms. The minimum absolute atomic E-state index is 0.0767. The summed E-state index contributed by atoms with van der Waals surface area (Å²) >= 11 is 0. The zero-order chi connectivity index (χ0) is 13.9. The normalized spacial score (nSPS) is 27.2. The summed E-state index contributed by atoms with van der Waals surface area (Å²) < 4.78 is 0. The average Bonchev–Trinajstić information content (AvgIpc) is 3.22. The van der Waals surface area contributed by atoms with E-state index < -0.39 is 0 Å². The van der Waals surface area contributed by atoms with Crippen LogP contribution in [0.1, 0.15) is 59.3 Å². The van der Waals surface area contributed by atoms with E-state index in [-0.39, 0.29) is 12.1 Å². The lowest BCUT2D eigenvalue weighted by Gasteiger charge is -2.40. The van der Waals surface area contributed by atoms with Crippen molar-refractivity contribution in [1.29, 1.82) is 0 Å². The summed E-state index contributed by atoms with van der Waals surface area (Å²) in [4.78, 5) is 2.58. The highest BCUT2D eigenvalue weighted by Gasteiger charge is 2.33. The van der Waals surface area contributed by atoms with Crippen molar-refractivity contribution in [2.75, 3.05) is 26.2 Å². The molecular formula is C16H32N2O. The van der Waals surface area contributed by atoms with Crippen molar-refractivity contribution < 1.29 is 5.11 Å². The quantitative estimate of drug-likeness (QED) is 0.744. The first-order valence-corrected chi connectivity index (χ1v) is 8.09. The lowest BCUT2D eigenvalue weighted by atomic mass is 9.78. The van der Waals surface area contributed by atoms with Gasteiger partial charge in [0.05, 0.1) is 6.61 Å². The second-order valence-corrected chi connectivity index (χ2v) is 7.39. The van der Waals surface area contributed by atoms with Gasteiger partial charge in [0.25, 0.3) is 0 Å². The molecule has 3 nitrogen and oxygen atoms in total. The SMILES string of the molecule is CCC1(C)CCN(CCC(C)(CO)NC2CC2)CC1. The first kappa shape index (κ1) is 15.3. The topological polar surface area (TPSA) is 35.5 Å². The molecule has 0 spiro atoms. The van der Waals surface area contributed by atoms with Crippen molar-refractivity contribution in [1.82, 2.24) is 10.2 Å². The molecule has 1 saturated carbocycles. The van der Waals surface area contributed by atoms with Gasteiger partial charge in [0.1, 0.15) is 0 Å². The molecule has 0 amide bonds. The fourth-order valence-corrected chi connectivity index (χ4v) is 2.99. The highest BCUT2D eigenvalue weighted by Crippen LogP contribution is 2.34. The van der Waals surface area contributed by atoms with Gasteiger partial charge in [-0.3, -0.25) is 0 Å². The Morgan fingerprint density at radius 3 is 2.42 bits per heavy atom. The third-order valence-corrected chi connectivity index (χ3v) is 5.38. The van der Waals surface area contributed by atoms with Crippen LogP contribution in [0.4, 0.5) is 0 Å². The summed E-state index contributed by atoms with van der Waals surface area (Å²) in [7, 11) is 0. The Morgan fingerprint density at radius 2 is 1.95 bits per heavy atom. The first-order chi connectivity index (χ1) is 8.99. The molecule has 19 heavy (non-hydrogen) atoms. The number of piperidine rings is 1. The van der Waals surface area contributed by atoms with Crippen LogP contribution in [-0.2, 0) is 0 Å². The fourth-order valence-electron chi connectivity index (χ4n) is 2.99. The van der Waals surface area contributed by atoms with E-state index in [2.05, 4.69) is 31.0 Å². The van der Waals surface area contributed by atoms with Gasteiger partial charge in [0, 0.05) is 11.6 Å². The Labute approximate surface area is 118 Å². The second-order valence-electron chi connectivity index (χ2n) is 7.39. The van der Waals surface area contributed by atoms with Gasteiger partial charge < -0.3 is 15.3 Å². The van der Waals surface area contributed by atoms with E-state index >= 15 is 0 Å². The summed E-state index contributed by atoms with van der Waals surface area (Å²) in [6, 6.07) is 0.668. The van der Waals surface area contributed by atoms with Gasteiger partial charge in [-0.25, -0.2) is 0 Å². The van der Waals surface area contributed by atoms with Crippen LogP contribution < -0.4 is 5.32 Å². The molecule has 2 N–H and O–H groups in total. The van der Waals surface area contributed by atoms with Crippen LogP contribution in [0, 0.1) is 5.41 Å². The van der Waals surface area contributed by atoms with Gasteiger partial charge in [-0.1, -0.05) is 20.3 Å². The molecule has 2 rings (SSSR count). The van der Waals surface area contributed by atoms with Crippen LogP contribution in [0.15, 0.2) is 0 Å². The van der Waals surface area contributed by atoms with Gasteiger partial charge >= 0.3 is 0 Å². The molecule has 1 saturated heterocycles. The zero-order valence-electron chi connectivity index (χ0n) is 13.0. The van der Waals surface area contributed by atoms with E-state index in [1.807, 2.05) is 0 Å². The average molecular weight is 268 g/mol. The first-order valence-electron chi connectivity index (χ1n) is 8.09. The van der Waals surface area contributed by atoms with Crippen molar-refractivity contribution in [2.45, 2.75) is 70.9 Å². The lowest BCUT2D eigenvalue weighted by molar-refractivity contribution is 0.0934. The molecule has 0 radical (unpaired) electrons. The van der Waals surface area contributed by atoms with Gasteiger partial charge in [-0.15, -0.1) is 0 Å². The molecule has 0 aromatic rings. The van der Waals surface area contributed by atoms with Crippen LogP contribution in [0.3, 0.4) is 0 Å². The van der Waals surface area contributed by atoms with Crippen molar-refractivity contribution in [3.05, 3.63) is 0 Å². The van der Waals surface area contributed by atoms with Gasteiger partial charge in [0.15, 0.2) is 0 Å². The second kappa shape index (κ2) is 6.11. The number of rotatable bonds is 7. The molecule has 0 aromatic carbocycles. The van der Waals surface area contributed by atoms with Gasteiger partial charge in [0.2, 0.25) is 0 Å². The van der Waals surface area contributed by atoms with Crippen molar-refractivity contribution in [3.63, 3.8) is 0 Å². The minimum atomic E-state index is -0.0767. The molecule has 1 aliphatic heterocycles. The fraction of sp³-hybridized carbons (Fsp3) is 1.00. The van der Waals surface area contributed by atoms with Crippen LogP contribution >= 0.6 is 0 Å². The summed E-state index contributed by atoms with van der Waals surface area (Å²) in [6.07, 6.45) is 7.59. The Hall–Kier alpha value is -0.120. The number of aliphatic hydroxyl groups is 1. The molecule has 112 valence electrons. The molecular weight excluding hydrogens is 236 g/mol. The standard InChI is InChI=1S/C16H32N2O/c1-4-15(2)7-10-18(11-8-15)12-9-16(3,13-19)17-14-5-6-14/h14,17,19H,4-13H2,1-3H3. The van der Waals surface area contributed by atoms with E-state index in [0.717, 1.165) is 13.0 Å². The smallest absolute Gasteiger partial charge is 0.0611 e. The Morgan fingerprint density at radius 1 is 1.32 bits per heavy atom. The van der Waals surface area contributed by atoms with Crippen molar-refractivity contribution in [2.24, 2.45) is 5.41 Å². The molecule has 0 aromatic heterocycles. The third kappa shape index (κ3) is 4.44. The van der Waals surface area contributed by atoms with Gasteiger partial charge in [-0.2, -0.15) is 0 Å². The molecule has 1 aliphatic carbocycles. The van der Waals surface area contributed by atoms with E-state index in [1.165, 1.54) is 45.2 Å². The number of likely N-dealkylation sites (tertiary alicyclic amines) is 1. The number of nitrogens with one attached hydrogen (secondary N) is 1.